The maximum atomic E-state index is 11.9. The zero-order valence-corrected chi connectivity index (χ0v) is 10.0. The molecule has 1 rings (SSSR count). The van der Waals surface area contributed by atoms with Crippen LogP contribution in [0.15, 0.2) is 0 Å². The molecule has 1 aliphatic carbocycles. The first-order chi connectivity index (χ1) is 6.79. The molecule has 1 fully saturated rings. The lowest BCUT2D eigenvalue weighted by atomic mass is 10.1. The van der Waals surface area contributed by atoms with Crippen molar-refractivity contribution in [2.45, 2.75) is 50.7 Å². The van der Waals surface area contributed by atoms with Gasteiger partial charge in [-0.2, -0.15) is 0 Å². The van der Waals surface area contributed by atoms with E-state index >= 15 is 0 Å². The van der Waals surface area contributed by atoms with Crippen molar-refractivity contribution in [3.05, 3.63) is 0 Å². The van der Waals surface area contributed by atoms with Crippen LogP contribution in [0.4, 0.5) is 0 Å². The molecule has 0 heterocycles. The third kappa shape index (κ3) is 3.35. The molecular weight excluding hydrogens is 194 g/mol. The summed E-state index contributed by atoms with van der Waals surface area (Å²) in [5, 5.41) is 0.414. The number of nitrogens with two attached hydrogens (primary N) is 1. The van der Waals surface area contributed by atoms with Gasteiger partial charge in [0.2, 0.25) is 0 Å². The fourth-order valence-electron chi connectivity index (χ4n) is 2.26. The topological polar surface area (TPSA) is 43.1 Å². The molecule has 0 aliphatic heterocycles. The van der Waals surface area contributed by atoms with Crippen molar-refractivity contribution in [1.82, 2.24) is 0 Å². The van der Waals surface area contributed by atoms with Gasteiger partial charge in [-0.25, -0.2) is 0 Å². The highest BCUT2D eigenvalue weighted by molar-refractivity contribution is 7.85. The minimum Gasteiger partial charge on any atom is -0.330 e. The fraction of sp³-hybridized carbons (Fsp3) is 1.00. The molecule has 1 saturated carbocycles. The van der Waals surface area contributed by atoms with E-state index in [4.69, 9.17) is 5.73 Å². The molecule has 3 unspecified atom stereocenters. The molecule has 3 heteroatoms. The molecule has 0 radical (unpaired) electrons. The summed E-state index contributed by atoms with van der Waals surface area (Å²) in [5.74, 6) is 1.44. The lowest BCUT2D eigenvalue weighted by Crippen LogP contribution is -2.27. The molecular formula is C11H23NOS. The fourth-order valence-corrected chi connectivity index (χ4v) is 4.16. The first-order valence-corrected chi connectivity index (χ1v) is 7.25. The van der Waals surface area contributed by atoms with Crippen LogP contribution in [-0.4, -0.2) is 21.8 Å². The van der Waals surface area contributed by atoms with Gasteiger partial charge in [-0.3, -0.25) is 4.21 Å². The van der Waals surface area contributed by atoms with Gasteiger partial charge >= 0.3 is 0 Å². The Kier molecular flexibility index (Phi) is 5.71. The van der Waals surface area contributed by atoms with Gasteiger partial charge in [-0.15, -0.1) is 0 Å². The van der Waals surface area contributed by atoms with E-state index in [1.165, 1.54) is 25.7 Å². The number of unbranched alkanes of at least 4 members (excludes halogenated alkanes) is 2. The van der Waals surface area contributed by atoms with E-state index in [2.05, 4.69) is 6.92 Å². The summed E-state index contributed by atoms with van der Waals surface area (Å²) in [7, 11) is -0.607. The maximum absolute atomic E-state index is 11.9. The quantitative estimate of drug-likeness (QED) is 0.692. The van der Waals surface area contributed by atoms with Gasteiger partial charge < -0.3 is 5.73 Å². The van der Waals surface area contributed by atoms with E-state index in [-0.39, 0.29) is 0 Å². The van der Waals surface area contributed by atoms with E-state index in [1.807, 2.05) is 0 Å². The van der Waals surface area contributed by atoms with Gasteiger partial charge in [0.15, 0.2) is 0 Å². The molecule has 0 aromatic rings. The zero-order chi connectivity index (χ0) is 10.4. The molecule has 2 nitrogen and oxygen atoms in total. The summed E-state index contributed by atoms with van der Waals surface area (Å²) in [6, 6.07) is 0. The Hall–Kier alpha value is 0.110. The summed E-state index contributed by atoms with van der Waals surface area (Å²) in [6.07, 6.45) is 7.11. The Bertz CT molecular complexity index is 184. The lowest BCUT2D eigenvalue weighted by molar-refractivity contribution is 0.556. The number of rotatable bonds is 6. The largest absolute Gasteiger partial charge is 0.330 e. The third-order valence-electron chi connectivity index (χ3n) is 3.18. The van der Waals surface area contributed by atoms with Crippen LogP contribution >= 0.6 is 0 Å². The Labute approximate surface area is 90.1 Å². The van der Waals surface area contributed by atoms with Gasteiger partial charge in [0.1, 0.15) is 0 Å². The van der Waals surface area contributed by atoms with Crippen LogP contribution in [0.3, 0.4) is 0 Å². The summed E-state index contributed by atoms with van der Waals surface area (Å²) in [5.41, 5.74) is 5.68. The zero-order valence-electron chi connectivity index (χ0n) is 9.21. The second-order valence-electron chi connectivity index (χ2n) is 4.26. The minimum atomic E-state index is -0.607. The Morgan fingerprint density at radius 2 is 2.14 bits per heavy atom. The van der Waals surface area contributed by atoms with E-state index in [0.29, 0.717) is 11.2 Å². The highest BCUT2D eigenvalue weighted by Gasteiger charge is 2.30. The van der Waals surface area contributed by atoms with Crippen LogP contribution in [0.5, 0.6) is 0 Å². The van der Waals surface area contributed by atoms with Gasteiger partial charge in [0, 0.05) is 21.8 Å². The summed E-state index contributed by atoms with van der Waals surface area (Å²) < 4.78 is 11.9. The minimum absolute atomic E-state index is 0.414. The normalized spacial score (nSPS) is 29.3. The monoisotopic (exact) mass is 217 g/mol. The van der Waals surface area contributed by atoms with Gasteiger partial charge in [-0.05, 0) is 31.7 Å². The Balaban J connectivity index is 2.28. The van der Waals surface area contributed by atoms with Crippen molar-refractivity contribution < 1.29 is 4.21 Å². The lowest BCUT2D eigenvalue weighted by Gasteiger charge is -2.16. The highest BCUT2D eigenvalue weighted by atomic mass is 32.2. The molecule has 1 aliphatic rings. The summed E-state index contributed by atoms with van der Waals surface area (Å²) >= 11 is 0. The van der Waals surface area contributed by atoms with E-state index in [1.54, 1.807) is 0 Å². The number of hydrogen-bond donors (Lipinski definition) is 1. The van der Waals surface area contributed by atoms with Gasteiger partial charge in [0.25, 0.3) is 0 Å². The molecule has 84 valence electrons. The molecule has 0 aromatic heterocycles. The molecule has 2 N–H and O–H groups in total. The second-order valence-corrected chi connectivity index (χ2v) is 6.03. The Morgan fingerprint density at radius 3 is 2.79 bits per heavy atom. The van der Waals surface area contributed by atoms with E-state index < -0.39 is 10.8 Å². The molecule has 0 amide bonds. The van der Waals surface area contributed by atoms with E-state index in [9.17, 15) is 4.21 Å². The van der Waals surface area contributed by atoms with Gasteiger partial charge in [-0.1, -0.05) is 26.2 Å². The van der Waals surface area contributed by atoms with Crippen LogP contribution < -0.4 is 5.73 Å². The molecule has 0 aromatic carbocycles. The van der Waals surface area contributed by atoms with Crippen molar-refractivity contribution in [3.63, 3.8) is 0 Å². The second kappa shape index (κ2) is 6.57. The molecule has 0 saturated heterocycles. The summed E-state index contributed by atoms with van der Waals surface area (Å²) in [6.45, 7) is 2.91. The van der Waals surface area contributed by atoms with Crippen molar-refractivity contribution >= 4 is 10.8 Å². The predicted octanol–water partition coefficient (Wildman–Crippen LogP) is 2.05. The molecule has 0 bridgehead atoms. The number of hydrogen-bond acceptors (Lipinski definition) is 2. The third-order valence-corrected chi connectivity index (χ3v) is 5.17. The van der Waals surface area contributed by atoms with E-state index in [0.717, 1.165) is 25.1 Å². The smallest absolute Gasteiger partial charge is 0.0388 e. The molecule has 3 atom stereocenters. The van der Waals surface area contributed by atoms with Crippen molar-refractivity contribution in [3.8, 4) is 0 Å². The van der Waals surface area contributed by atoms with Crippen LogP contribution in [0.1, 0.15) is 45.4 Å². The van der Waals surface area contributed by atoms with Crippen molar-refractivity contribution in [2.24, 2.45) is 11.7 Å². The Morgan fingerprint density at radius 1 is 1.36 bits per heavy atom. The average molecular weight is 217 g/mol. The predicted molar refractivity (Wildman–Crippen MR) is 62.7 cm³/mol. The van der Waals surface area contributed by atoms with Crippen LogP contribution in [0.2, 0.25) is 0 Å². The molecule has 0 spiro atoms. The maximum Gasteiger partial charge on any atom is 0.0388 e. The average Bonchev–Trinajstić information content (AvgIpc) is 2.65. The molecule has 14 heavy (non-hydrogen) atoms. The summed E-state index contributed by atoms with van der Waals surface area (Å²) in [4.78, 5) is 0. The van der Waals surface area contributed by atoms with Crippen molar-refractivity contribution in [1.29, 1.82) is 0 Å². The van der Waals surface area contributed by atoms with Crippen molar-refractivity contribution in [2.75, 3.05) is 12.3 Å². The highest BCUT2D eigenvalue weighted by Crippen LogP contribution is 2.29. The SMILES string of the molecule is CCCCCS(=O)C1CCCC1CN. The first kappa shape index (κ1) is 12.2. The van der Waals surface area contributed by atoms with Crippen LogP contribution in [0, 0.1) is 5.92 Å². The van der Waals surface area contributed by atoms with Crippen LogP contribution in [0.25, 0.3) is 0 Å². The van der Waals surface area contributed by atoms with Gasteiger partial charge in [0.05, 0.1) is 0 Å². The first-order valence-electron chi connectivity index (χ1n) is 5.86. The standard InChI is InChI=1S/C11H23NOS/c1-2-3-4-8-14(13)11-7-5-6-10(11)9-12/h10-11H,2-9,12H2,1H3. The van der Waals surface area contributed by atoms with Crippen LogP contribution in [-0.2, 0) is 10.8 Å².